The van der Waals surface area contributed by atoms with E-state index in [0.717, 1.165) is 5.52 Å². The van der Waals surface area contributed by atoms with E-state index in [1.54, 1.807) is 18.3 Å². The number of carbonyl (C=O) groups excluding carboxylic acids is 1. The predicted octanol–water partition coefficient (Wildman–Crippen LogP) is 2.49. The quantitative estimate of drug-likeness (QED) is 0.674. The van der Waals surface area contributed by atoms with Crippen LogP contribution in [0.3, 0.4) is 0 Å². The fraction of sp³-hybridized carbons (Fsp3) is 0.222. The zero-order chi connectivity index (χ0) is 19.7. The monoisotopic (exact) mass is 420 g/mol. The van der Waals surface area contributed by atoms with Gasteiger partial charge in [-0.25, -0.2) is 8.42 Å². The molecular weight excluding hydrogens is 404 g/mol. The van der Waals surface area contributed by atoms with E-state index in [1.165, 1.54) is 22.5 Å². The number of amides is 1. The number of hydrogen-bond donors (Lipinski definition) is 2. The summed E-state index contributed by atoms with van der Waals surface area (Å²) in [7, 11) is -3.70. The number of pyridine rings is 1. The molecule has 8 nitrogen and oxygen atoms in total. The average Bonchev–Trinajstić information content (AvgIpc) is 3.14. The van der Waals surface area contributed by atoms with E-state index in [1.807, 2.05) is 6.07 Å². The van der Waals surface area contributed by atoms with Crippen molar-refractivity contribution in [2.24, 2.45) is 0 Å². The number of benzene rings is 1. The van der Waals surface area contributed by atoms with Crippen molar-refractivity contribution in [2.75, 3.05) is 31.6 Å². The summed E-state index contributed by atoms with van der Waals surface area (Å²) < 4.78 is 32.2. The number of nitrogens with one attached hydrogen (secondary N) is 2. The molecule has 0 radical (unpaired) electrons. The third-order valence-corrected chi connectivity index (χ3v) is 6.65. The van der Waals surface area contributed by atoms with Gasteiger partial charge in [0.2, 0.25) is 10.0 Å². The number of anilines is 1. The summed E-state index contributed by atoms with van der Waals surface area (Å²) >= 11 is 6.18. The highest BCUT2D eigenvalue weighted by Gasteiger charge is 2.27. The lowest BCUT2D eigenvalue weighted by Gasteiger charge is -2.26. The Morgan fingerprint density at radius 3 is 2.75 bits per heavy atom. The minimum Gasteiger partial charge on any atom is -0.379 e. The lowest BCUT2D eigenvalue weighted by Crippen LogP contribution is -2.40. The number of halogens is 1. The Kier molecular flexibility index (Phi) is 5.07. The minimum absolute atomic E-state index is 0.0624. The standard InChI is InChI=1S/C18H17ClN4O4S/c19-13-4-3-12(28(25,26)23-6-8-27-9-7-23)10-15(13)22-18(24)17-11-16-14(21-17)2-1-5-20-16/h1-5,10-11,21H,6-9H2,(H,22,24). The van der Waals surface area contributed by atoms with Crippen LogP contribution in [0.1, 0.15) is 10.5 Å². The van der Waals surface area contributed by atoms with E-state index in [-0.39, 0.29) is 28.7 Å². The second-order valence-corrected chi connectivity index (χ2v) is 8.58. The van der Waals surface area contributed by atoms with E-state index in [4.69, 9.17) is 16.3 Å². The van der Waals surface area contributed by atoms with Crippen molar-refractivity contribution in [3.63, 3.8) is 0 Å². The molecule has 3 aromatic rings. The highest BCUT2D eigenvalue weighted by Crippen LogP contribution is 2.28. The van der Waals surface area contributed by atoms with Gasteiger partial charge in [-0.1, -0.05) is 11.6 Å². The number of hydrogen-bond acceptors (Lipinski definition) is 5. The maximum absolute atomic E-state index is 12.8. The molecule has 1 aromatic carbocycles. The lowest BCUT2D eigenvalue weighted by atomic mass is 10.3. The van der Waals surface area contributed by atoms with Gasteiger partial charge in [-0.3, -0.25) is 9.78 Å². The number of rotatable bonds is 4. The summed E-state index contributed by atoms with van der Waals surface area (Å²) in [6, 6.07) is 9.44. The molecule has 4 rings (SSSR count). The zero-order valence-electron chi connectivity index (χ0n) is 14.7. The van der Waals surface area contributed by atoms with Crippen molar-refractivity contribution < 1.29 is 17.9 Å². The number of aromatic amines is 1. The van der Waals surface area contributed by atoms with Crippen LogP contribution in [0.25, 0.3) is 11.0 Å². The molecule has 0 spiro atoms. The van der Waals surface area contributed by atoms with Crippen molar-refractivity contribution in [3.8, 4) is 0 Å². The molecule has 2 aromatic heterocycles. The van der Waals surface area contributed by atoms with Crippen molar-refractivity contribution in [1.82, 2.24) is 14.3 Å². The molecule has 0 bridgehead atoms. The topological polar surface area (TPSA) is 104 Å². The van der Waals surface area contributed by atoms with Gasteiger partial charge < -0.3 is 15.0 Å². The molecule has 146 valence electrons. The van der Waals surface area contributed by atoms with Crippen LogP contribution < -0.4 is 5.32 Å². The molecule has 0 saturated carbocycles. The number of nitrogens with zero attached hydrogens (tertiary/aromatic N) is 2. The van der Waals surface area contributed by atoms with E-state index in [2.05, 4.69) is 15.3 Å². The largest absolute Gasteiger partial charge is 0.379 e. The molecule has 28 heavy (non-hydrogen) atoms. The SMILES string of the molecule is O=C(Nc1cc(S(=O)(=O)N2CCOCC2)ccc1Cl)c1cc2ncccc2[nH]1. The second-order valence-electron chi connectivity index (χ2n) is 6.23. The molecule has 1 saturated heterocycles. The zero-order valence-corrected chi connectivity index (χ0v) is 16.3. The van der Waals surface area contributed by atoms with Gasteiger partial charge in [0.15, 0.2) is 0 Å². The van der Waals surface area contributed by atoms with Crippen LogP contribution in [0, 0.1) is 0 Å². The third kappa shape index (κ3) is 3.61. The van der Waals surface area contributed by atoms with Gasteiger partial charge in [-0.15, -0.1) is 0 Å². The van der Waals surface area contributed by atoms with Crippen LogP contribution >= 0.6 is 11.6 Å². The van der Waals surface area contributed by atoms with Crippen molar-refractivity contribution in [3.05, 3.63) is 53.3 Å². The molecule has 1 amide bonds. The Morgan fingerprint density at radius 1 is 1.21 bits per heavy atom. The fourth-order valence-corrected chi connectivity index (χ4v) is 4.56. The lowest BCUT2D eigenvalue weighted by molar-refractivity contribution is 0.0730. The van der Waals surface area contributed by atoms with Gasteiger partial charge in [0.1, 0.15) is 5.69 Å². The highest BCUT2D eigenvalue weighted by molar-refractivity contribution is 7.89. The summed E-state index contributed by atoms with van der Waals surface area (Å²) in [5.74, 6) is -0.444. The first-order valence-corrected chi connectivity index (χ1v) is 10.4. The Morgan fingerprint density at radius 2 is 2.00 bits per heavy atom. The number of ether oxygens (including phenoxy) is 1. The van der Waals surface area contributed by atoms with E-state index < -0.39 is 15.9 Å². The fourth-order valence-electron chi connectivity index (χ4n) is 2.96. The number of fused-ring (bicyclic) bond motifs is 1. The number of aromatic nitrogens is 2. The van der Waals surface area contributed by atoms with Crippen molar-refractivity contribution in [1.29, 1.82) is 0 Å². The number of morpholine rings is 1. The molecule has 0 aliphatic carbocycles. The molecule has 0 unspecified atom stereocenters. The maximum Gasteiger partial charge on any atom is 0.272 e. The predicted molar refractivity (Wildman–Crippen MR) is 105 cm³/mol. The van der Waals surface area contributed by atoms with Gasteiger partial charge in [0.25, 0.3) is 5.91 Å². The van der Waals surface area contributed by atoms with Crippen molar-refractivity contribution >= 4 is 44.3 Å². The van der Waals surface area contributed by atoms with Gasteiger partial charge in [-0.2, -0.15) is 4.31 Å². The summed E-state index contributed by atoms with van der Waals surface area (Å²) in [5, 5.41) is 2.90. The third-order valence-electron chi connectivity index (χ3n) is 4.43. The molecule has 1 fully saturated rings. The number of carbonyl (C=O) groups is 1. The van der Waals surface area contributed by atoms with Gasteiger partial charge in [0.05, 0.1) is 39.9 Å². The van der Waals surface area contributed by atoms with Crippen LogP contribution in [0.5, 0.6) is 0 Å². The van der Waals surface area contributed by atoms with Crippen LogP contribution in [0.4, 0.5) is 5.69 Å². The molecule has 2 N–H and O–H groups in total. The Labute approximate surface area is 166 Å². The van der Waals surface area contributed by atoms with Crippen LogP contribution in [0.2, 0.25) is 5.02 Å². The summed E-state index contributed by atoms with van der Waals surface area (Å²) in [6.45, 7) is 1.28. The van der Waals surface area contributed by atoms with Crippen molar-refractivity contribution in [2.45, 2.75) is 4.90 Å². The van der Waals surface area contributed by atoms with E-state index in [9.17, 15) is 13.2 Å². The number of H-pyrrole nitrogens is 1. The Balaban J connectivity index is 1.61. The van der Waals surface area contributed by atoms with Gasteiger partial charge >= 0.3 is 0 Å². The minimum atomic E-state index is -3.70. The van der Waals surface area contributed by atoms with Gasteiger partial charge in [0, 0.05) is 19.3 Å². The Hall–Kier alpha value is -2.46. The summed E-state index contributed by atoms with van der Waals surface area (Å²) in [4.78, 5) is 19.8. The molecule has 0 atom stereocenters. The highest BCUT2D eigenvalue weighted by atomic mass is 35.5. The van der Waals surface area contributed by atoms with Crippen LogP contribution in [0.15, 0.2) is 47.5 Å². The normalized spacial score (nSPS) is 15.6. The first-order chi connectivity index (χ1) is 13.4. The Bertz CT molecular complexity index is 1110. The van der Waals surface area contributed by atoms with Crippen LogP contribution in [-0.4, -0.2) is 54.9 Å². The van der Waals surface area contributed by atoms with E-state index >= 15 is 0 Å². The van der Waals surface area contributed by atoms with E-state index in [0.29, 0.717) is 24.4 Å². The maximum atomic E-state index is 12.8. The smallest absolute Gasteiger partial charge is 0.272 e. The number of sulfonamides is 1. The second kappa shape index (κ2) is 7.51. The van der Waals surface area contributed by atoms with Crippen LogP contribution in [-0.2, 0) is 14.8 Å². The van der Waals surface area contributed by atoms with Gasteiger partial charge in [-0.05, 0) is 36.4 Å². The molecule has 10 heteroatoms. The molecular formula is C18H17ClN4O4S. The summed E-state index contributed by atoms with van der Waals surface area (Å²) in [6.07, 6.45) is 1.63. The summed E-state index contributed by atoms with van der Waals surface area (Å²) in [5.41, 5.74) is 1.89. The molecule has 1 aliphatic heterocycles. The first-order valence-electron chi connectivity index (χ1n) is 8.58. The first kappa shape index (κ1) is 18.9. The average molecular weight is 421 g/mol. The molecule has 3 heterocycles. The molecule has 1 aliphatic rings.